The summed E-state index contributed by atoms with van der Waals surface area (Å²) < 4.78 is 32.6. The van der Waals surface area contributed by atoms with Gasteiger partial charge in [0.15, 0.2) is 0 Å². The van der Waals surface area contributed by atoms with E-state index in [0.29, 0.717) is 23.6 Å². The number of aromatic nitrogens is 2. The zero-order valence-electron chi connectivity index (χ0n) is 14.4. The fraction of sp³-hybridized carbons (Fsp3) is 0.222. The Morgan fingerprint density at radius 1 is 1.19 bits per heavy atom. The number of benzene rings is 1. The first-order chi connectivity index (χ1) is 12.3. The first kappa shape index (κ1) is 18.6. The minimum atomic E-state index is -3.65. The first-order valence-corrected chi connectivity index (χ1v) is 9.84. The van der Waals surface area contributed by atoms with Crippen LogP contribution in [-0.2, 0) is 16.4 Å². The van der Waals surface area contributed by atoms with Gasteiger partial charge in [-0.25, -0.2) is 23.1 Å². The van der Waals surface area contributed by atoms with Gasteiger partial charge in [-0.15, -0.1) is 0 Å². The highest BCUT2D eigenvalue weighted by molar-refractivity contribution is 7.89. The molecule has 1 aromatic carbocycles. The normalized spacial score (nSPS) is 11.7. The van der Waals surface area contributed by atoms with Crippen LogP contribution in [0.4, 0.5) is 0 Å². The second kappa shape index (κ2) is 7.57. The second-order valence-corrected chi connectivity index (χ2v) is 8.06. The van der Waals surface area contributed by atoms with Crippen LogP contribution in [0.15, 0.2) is 52.1 Å². The molecule has 2 heterocycles. The van der Waals surface area contributed by atoms with E-state index in [1.54, 1.807) is 6.92 Å². The molecule has 0 saturated heterocycles. The van der Waals surface area contributed by atoms with Crippen LogP contribution in [0.25, 0.3) is 11.5 Å². The number of aryl methyl sites for hydroxylation is 2. The predicted molar refractivity (Wildman–Crippen MR) is 99.6 cm³/mol. The van der Waals surface area contributed by atoms with Crippen molar-refractivity contribution in [2.45, 2.75) is 25.2 Å². The molecule has 0 atom stereocenters. The summed E-state index contributed by atoms with van der Waals surface area (Å²) in [5, 5.41) is 0.287. The maximum Gasteiger partial charge on any atom is 0.242 e. The molecule has 0 bridgehead atoms. The van der Waals surface area contributed by atoms with E-state index in [1.807, 2.05) is 31.2 Å². The molecule has 3 aromatic rings. The molecule has 0 spiro atoms. The first-order valence-electron chi connectivity index (χ1n) is 7.98. The molecule has 8 heteroatoms. The molecule has 0 aliphatic heterocycles. The number of sulfonamides is 1. The summed E-state index contributed by atoms with van der Waals surface area (Å²) in [6.45, 7) is 3.91. The van der Waals surface area contributed by atoms with E-state index in [0.717, 1.165) is 11.1 Å². The lowest BCUT2D eigenvalue weighted by atomic mass is 10.1. The Labute approximate surface area is 157 Å². The summed E-state index contributed by atoms with van der Waals surface area (Å²) in [5.74, 6) is 0.514. The van der Waals surface area contributed by atoms with Gasteiger partial charge in [-0.2, -0.15) is 0 Å². The molecular formula is C18H18ClN3O3S. The average molecular weight is 392 g/mol. The minimum Gasteiger partial charge on any atom is -0.444 e. The van der Waals surface area contributed by atoms with Crippen LogP contribution in [-0.4, -0.2) is 24.9 Å². The van der Waals surface area contributed by atoms with Crippen molar-refractivity contribution in [1.82, 2.24) is 14.7 Å². The van der Waals surface area contributed by atoms with Gasteiger partial charge in [-0.05, 0) is 37.6 Å². The van der Waals surface area contributed by atoms with E-state index >= 15 is 0 Å². The highest BCUT2D eigenvalue weighted by Crippen LogP contribution is 2.19. The topological polar surface area (TPSA) is 85.1 Å². The van der Waals surface area contributed by atoms with Crippen molar-refractivity contribution in [3.05, 3.63) is 64.8 Å². The van der Waals surface area contributed by atoms with Crippen LogP contribution in [0.1, 0.15) is 16.8 Å². The summed E-state index contributed by atoms with van der Waals surface area (Å²) in [4.78, 5) is 8.35. The molecule has 0 fully saturated rings. The molecule has 0 saturated carbocycles. The van der Waals surface area contributed by atoms with Gasteiger partial charge in [0, 0.05) is 24.7 Å². The third-order valence-electron chi connectivity index (χ3n) is 3.82. The minimum absolute atomic E-state index is 0.0832. The van der Waals surface area contributed by atoms with Gasteiger partial charge in [0.25, 0.3) is 0 Å². The van der Waals surface area contributed by atoms with Crippen molar-refractivity contribution in [3.8, 4) is 11.5 Å². The van der Waals surface area contributed by atoms with Gasteiger partial charge in [0.1, 0.15) is 16.3 Å². The fourth-order valence-electron chi connectivity index (χ4n) is 2.33. The van der Waals surface area contributed by atoms with Gasteiger partial charge in [0.2, 0.25) is 15.9 Å². The summed E-state index contributed by atoms with van der Waals surface area (Å²) in [6, 6.07) is 9.32. The van der Waals surface area contributed by atoms with Gasteiger partial charge in [-0.3, -0.25) is 0 Å². The molecule has 0 unspecified atom stereocenters. The number of pyridine rings is 1. The number of nitrogens with one attached hydrogen (secondary N) is 1. The summed E-state index contributed by atoms with van der Waals surface area (Å²) in [7, 11) is -3.65. The van der Waals surface area contributed by atoms with E-state index in [2.05, 4.69) is 14.7 Å². The van der Waals surface area contributed by atoms with Gasteiger partial charge in [0.05, 0.1) is 5.69 Å². The van der Waals surface area contributed by atoms with Gasteiger partial charge < -0.3 is 4.42 Å². The molecule has 6 nitrogen and oxygen atoms in total. The SMILES string of the molecule is Cc1ccc(-c2nc(CCNS(=O)(=O)c3cnc(Cl)c(C)c3)co2)cc1. The van der Waals surface area contributed by atoms with E-state index in [-0.39, 0.29) is 16.6 Å². The Morgan fingerprint density at radius 2 is 1.92 bits per heavy atom. The Bertz CT molecular complexity index is 1010. The monoisotopic (exact) mass is 391 g/mol. The number of hydrogen-bond donors (Lipinski definition) is 1. The fourth-order valence-corrected chi connectivity index (χ4v) is 3.49. The van der Waals surface area contributed by atoms with E-state index in [1.165, 1.54) is 18.5 Å². The average Bonchev–Trinajstić information content (AvgIpc) is 3.06. The molecule has 136 valence electrons. The van der Waals surface area contributed by atoms with E-state index < -0.39 is 10.0 Å². The zero-order chi connectivity index (χ0) is 18.7. The third kappa shape index (κ3) is 4.30. The lowest BCUT2D eigenvalue weighted by molar-refractivity contribution is 0.570. The molecule has 0 radical (unpaired) electrons. The molecule has 1 N–H and O–H groups in total. The summed E-state index contributed by atoms with van der Waals surface area (Å²) in [5.41, 5.74) is 3.31. The molecule has 3 rings (SSSR count). The van der Waals surface area contributed by atoms with Crippen LogP contribution in [0.5, 0.6) is 0 Å². The number of halogens is 1. The number of hydrogen-bond acceptors (Lipinski definition) is 5. The smallest absolute Gasteiger partial charge is 0.242 e. The van der Waals surface area contributed by atoms with Crippen molar-refractivity contribution in [2.75, 3.05) is 6.54 Å². The molecular weight excluding hydrogens is 374 g/mol. The third-order valence-corrected chi connectivity index (χ3v) is 5.65. The van der Waals surface area contributed by atoms with Crippen LogP contribution in [0.3, 0.4) is 0 Å². The van der Waals surface area contributed by atoms with Crippen LogP contribution in [0.2, 0.25) is 5.15 Å². The van der Waals surface area contributed by atoms with Crippen molar-refractivity contribution in [3.63, 3.8) is 0 Å². The second-order valence-electron chi connectivity index (χ2n) is 5.94. The Morgan fingerprint density at radius 3 is 2.62 bits per heavy atom. The lowest BCUT2D eigenvalue weighted by Crippen LogP contribution is -2.26. The van der Waals surface area contributed by atoms with Crippen molar-refractivity contribution in [2.24, 2.45) is 0 Å². The van der Waals surface area contributed by atoms with Gasteiger partial charge >= 0.3 is 0 Å². The van der Waals surface area contributed by atoms with Crippen LogP contribution in [0, 0.1) is 13.8 Å². The molecule has 0 aliphatic carbocycles. The molecule has 2 aromatic heterocycles. The van der Waals surface area contributed by atoms with Crippen molar-refractivity contribution in [1.29, 1.82) is 0 Å². The highest BCUT2D eigenvalue weighted by Gasteiger charge is 2.16. The quantitative estimate of drug-likeness (QED) is 0.650. The lowest BCUT2D eigenvalue weighted by Gasteiger charge is -2.06. The predicted octanol–water partition coefficient (Wildman–Crippen LogP) is 3.53. The number of nitrogens with zero attached hydrogens (tertiary/aromatic N) is 2. The standard InChI is InChI=1S/C18H18ClN3O3S/c1-12-3-5-14(6-4-12)18-22-15(11-25-18)7-8-21-26(23,24)16-9-13(2)17(19)20-10-16/h3-6,9-11,21H,7-8H2,1-2H3. The van der Waals surface area contributed by atoms with Crippen LogP contribution < -0.4 is 4.72 Å². The summed E-state index contributed by atoms with van der Waals surface area (Å²) >= 11 is 5.83. The van der Waals surface area contributed by atoms with E-state index in [9.17, 15) is 8.42 Å². The van der Waals surface area contributed by atoms with E-state index in [4.69, 9.17) is 16.0 Å². The number of rotatable bonds is 6. The van der Waals surface area contributed by atoms with Crippen LogP contribution >= 0.6 is 11.6 Å². The molecule has 0 aliphatic rings. The molecule has 26 heavy (non-hydrogen) atoms. The Kier molecular flexibility index (Phi) is 5.41. The number of oxazole rings is 1. The van der Waals surface area contributed by atoms with Crippen molar-refractivity contribution < 1.29 is 12.8 Å². The Balaban J connectivity index is 1.62. The Hall–Kier alpha value is -2.22. The highest BCUT2D eigenvalue weighted by atomic mass is 35.5. The van der Waals surface area contributed by atoms with Gasteiger partial charge in [-0.1, -0.05) is 29.3 Å². The molecule has 0 amide bonds. The summed E-state index contributed by atoms with van der Waals surface area (Å²) in [6.07, 6.45) is 3.19. The van der Waals surface area contributed by atoms with Crippen molar-refractivity contribution >= 4 is 21.6 Å². The maximum absolute atomic E-state index is 12.3. The largest absolute Gasteiger partial charge is 0.444 e. The maximum atomic E-state index is 12.3. The zero-order valence-corrected chi connectivity index (χ0v) is 15.9.